The highest BCUT2D eigenvalue weighted by atomic mass is 32.1. The summed E-state index contributed by atoms with van der Waals surface area (Å²) < 4.78 is 10.7. The molecule has 0 saturated carbocycles. The van der Waals surface area contributed by atoms with Crippen molar-refractivity contribution in [1.29, 1.82) is 0 Å². The molecular formula is C19H23N3O3S. The molecule has 0 unspecified atom stereocenters. The lowest BCUT2D eigenvalue weighted by molar-refractivity contribution is 0.0886. The van der Waals surface area contributed by atoms with Crippen LogP contribution in [0.2, 0.25) is 0 Å². The number of hydrogen-bond donors (Lipinski definition) is 2. The van der Waals surface area contributed by atoms with E-state index in [4.69, 9.17) is 21.7 Å². The maximum absolute atomic E-state index is 12.3. The summed E-state index contributed by atoms with van der Waals surface area (Å²) in [5, 5.41) is 4.98. The van der Waals surface area contributed by atoms with Gasteiger partial charge in [0.25, 0.3) is 5.91 Å². The van der Waals surface area contributed by atoms with Gasteiger partial charge >= 0.3 is 0 Å². The lowest BCUT2D eigenvalue weighted by atomic mass is 10.2. The van der Waals surface area contributed by atoms with E-state index in [0.29, 0.717) is 29.6 Å². The number of carbonyl (C=O) groups excluding carboxylic acids is 1. The molecule has 0 heterocycles. The maximum Gasteiger partial charge on any atom is 0.269 e. The largest absolute Gasteiger partial charge is 0.457 e. The van der Waals surface area contributed by atoms with Gasteiger partial charge < -0.3 is 14.8 Å². The van der Waals surface area contributed by atoms with Crippen LogP contribution in [0.5, 0.6) is 11.5 Å². The third-order valence-corrected chi connectivity index (χ3v) is 3.89. The van der Waals surface area contributed by atoms with Crippen LogP contribution in [0.15, 0.2) is 54.6 Å². The summed E-state index contributed by atoms with van der Waals surface area (Å²) in [6, 6.07) is 16.4. The fourth-order valence-electron chi connectivity index (χ4n) is 2.10. The molecule has 0 aromatic heterocycles. The number of benzene rings is 2. The minimum absolute atomic E-state index is 0.250. The molecule has 0 saturated heterocycles. The Kier molecular flexibility index (Phi) is 7.85. The summed E-state index contributed by atoms with van der Waals surface area (Å²) in [5.74, 6) is 1.16. The molecule has 2 N–H and O–H groups in total. The zero-order valence-corrected chi connectivity index (χ0v) is 15.7. The Morgan fingerprint density at radius 2 is 1.73 bits per heavy atom. The van der Waals surface area contributed by atoms with E-state index in [1.54, 1.807) is 38.4 Å². The molecule has 0 fully saturated rings. The Labute approximate surface area is 159 Å². The van der Waals surface area contributed by atoms with Gasteiger partial charge in [-0.3, -0.25) is 15.2 Å². The minimum atomic E-state index is -0.250. The first-order chi connectivity index (χ1) is 12.6. The number of para-hydroxylation sites is 1. The van der Waals surface area contributed by atoms with Gasteiger partial charge in [0, 0.05) is 32.9 Å². The second-order valence-corrected chi connectivity index (χ2v) is 5.90. The molecule has 0 spiro atoms. The Morgan fingerprint density at radius 1 is 1.08 bits per heavy atom. The summed E-state index contributed by atoms with van der Waals surface area (Å²) in [7, 11) is 3.34. The summed E-state index contributed by atoms with van der Waals surface area (Å²) in [6.07, 6.45) is 0.835. The van der Waals surface area contributed by atoms with E-state index in [1.807, 2.05) is 30.3 Å². The van der Waals surface area contributed by atoms with Crippen molar-refractivity contribution in [3.05, 3.63) is 60.2 Å². The average Bonchev–Trinajstić information content (AvgIpc) is 2.66. The number of carbonyl (C=O) groups is 1. The van der Waals surface area contributed by atoms with Crippen LogP contribution >= 0.6 is 12.2 Å². The molecular weight excluding hydrogens is 350 g/mol. The second-order valence-electron chi connectivity index (χ2n) is 5.52. The summed E-state index contributed by atoms with van der Waals surface area (Å²) in [4.78, 5) is 12.3. The van der Waals surface area contributed by atoms with Gasteiger partial charge in [0.2, 0.25) is 0 Å². The zero-order valence-electron chi connectivity index (χ0n) is 14.9. The normalized spacial score (nSPS) is 10.1. The number of nitrogens with zero attached hydrogens (tertiary/aromatic N) is 1. The molecule has 2 aromatic carbocycles. The van der Waals surface area contributed by atoms with Gasteiger partial charge in [-0.1, -0.05) is 18.2 Å². The molecule has 1 amide bonds. The molecule has 0 aliphatic carbocycles. The molecule has 2 rings (SSSR count). The lowest BCUT2D eigenvalue weighted by Gasteiger charge is -2.21. The molecule has 2 aromatic rings. The molecule has 0 aliphatic rings. The van der Waals surface area contributed by atoms with Crippen molar-refractivity contribution in [2.45, 2.75) is 6.42 Å². The molecule has 0 radical (unpaired) electrons. The van der Waals surface area contributed by atoms with Crippen molar-refractivity contribution in [3.63, 3.8) is 0 Å². The van der Waals surface area contributed by atoms with Crippen molar-refractivity contribution >= 4 is 23.2 Å². The van der Waals surface area contributed by atoms with Crippen molar-refractivity contribution in [2.24, 2.45) is 0 Å². The van der Waals surface area contributed by atoms with Crippen molar-refractivity contribution in [3.8, 4) is 11.5 Å². The molecule has 138 valence electrons. The monoisotopic (exact) mass is 373 g/mol. The summed E-state index contributed by atoms with van der Waals surface area (Å²) in [6.45, 7) is 1.33. The fraction of sp³-hybridized carbons (Fsp3) is 0.263. The smallest absolute Gasteiger partial charge is 0.269 e. The number of amides is 1. The molecule has 0 aliphatic heterocycles. The fourth-order valence-corrected chi connectivity index (χ4v) is 2.24. The molecule has 0 bridgehead atoms. The Morgan fingerprint density at radius 3 is 2.38 bits per heavy atom. The maximum atomic E-state index is 12.3. The van der Waals surface area contributed by atoms with Crippen LogP contribution in [-0.2, 0) is 4.74 Å². The Hall–Kier alpha value is -2.64. The SMILES string of the molecule is COCCCNC(=S)N(C)NC(=O)c1ccc(Oc2ccccc2)cc1. The number of nitrogens with one attached hydrogen (secondary N) is 2. The lowest BCUT2D eigenvalue weighted by Crippen LogP contribution is -2.48. The third kappa shape index (κ3) is 6.34. The van der Waals surface area contributed by atoms with Crippen LogP contribution < -0.4 is 15.5 Å². The van der Waals surface area contributed by atoms with E-state index in [2.05, 4.69) is 10.7 Å². The summed E-state index contributed by atoms with van der Waals surface area (Å²) in [5.41, 5.74) is 3.24. The predicted molar refractivity (Wildman–Crippen MR) is 105 cm³/mol. The number of thiocarbonyl (C=S) groups is 1. The van der Waals surface area contributed by atoms with E-state index in [-0.39, 0.29) is 5.91 Å². The number of methoxy groups -OCH3 is 1. The molecule has 0 atom stereocenters. The van der Waals surface area contributed by atoms with Gasteiger partial charge in [0.1, 0.15) is 11.5 Å². The molecule has 7 heteroatoms. The van der Waals surface area contributed by atoms with Crippen molar-refractivity contribution < 1.29 is 14.3 Å². The number of hydrogen-bond acceptors (Lipinski definition) is 4. The predicted octanol–water partition coefficient (Wildman–Crippen LogP) is 2.97. The van der Waals surface area contributed by atoms with Gasteiger partial charge in [0.05, 0.1) is 0 Å². The van der Waals surface area contributed by atoms with Gasteiger partial charge in [-0.15, -0.1) is 0 Å². The van der Waals surface area contributed by atoms with Crippen molar-refractivity contribution in [2.75, 3.05) is 27.3 Å². The van der Waals surface area contributed by atoms with E-state index in [0.717, 1.165) is 12.2 Å². The quantitative estimate of drug-likeness (QED) is 0.442. The highest BCUT2D eigenvalue weighted by Gasteiger charge is 2.10. The Balaban J connectivity index is 1.84. The van der Waals surface area contributed by atoms with E-state index >= 15 is 0 Å². The van der Waals surface area contributed by atoms with E-state index in [9.17, 15) is 4.79 Å². The third-order valence-electron chi connectivity index (χ3n) is 3.47. The highest BCUT2D eigenvalue weighted by molar-refractivity contribution is 7.80. The first kappa shape index (κ1) is 19.7. The Bertz CT molecular complexity index is 708. The van der Waals surface area contributed by atoms with Crippen LogP contribution in [0, 0.1) is 0 Å². The average molecular weight is 373 g/mol. The first-order valence-electron chi connectivity index (χ1n) is 8.24. The van der Waals surface area contributed by atoms with Gasteiger partial charge in [0.15, 0.2) is 5.11 Å². The van der Waals surface area contributed by atoms with Gasteiger partial charge in [-0.2, -0.15) is 0 Å². The molecule has 6 nitrogen and oxygen atoms in total. The molecule has 26 heavy (non-hydrogen) atoms. The zero-order chi connectivity index (χ0) is 18.8. The number of rotatable bonds is 7. The highest BCUT2D eigenvalue weighted by Crippen LogP contribution is 2.21. The first-order valence-corrected chi connectivity index (χ1v) is 8.65. The van der Waals surface area contributed by atoms with Gasteiger partial charge in [-0.25, -0.2) is 0 Å². The van der Waals surface area contributed by atoms with Crippen LogP contribution in [0.3, 0.4) is 0 Å². The van der Waals surface area contributed by atoms with Crippen LogP contribution in [0.1, 0.15) is 16.8 Å². The second kappa shape index (κ2) is 10.4. The summed E-state index contributed by atoms with van der Waals surface area (Å²) >= 11 is 5.23. The minimum Gasteiger partial charge on any atom is -0.457 e. The van der Waals surface area contributed by atoms with Crippen LogP contribution in [-0.4, -0.2) is 43.3 Å². The van der Waals surface area contributed by atoms with Crippen molar-refractivity contribution in [1.82, 2.24) is 15.8 Å². The van der Waals surface area contributed by atoms with Crippen LogP contribution in [0.4, 0.5) is 0 Å². The standard InChI is InChI=1S/C19H23N3O3S/c1-22(19(26)20-13-6-14-24-2)21-18(23)15-9-11-17(12-10-15)25-16-7-4-3-5-8-16/h3-5,7-12H,6,13-14H2,1-2H3,(H,20,26)(H,21,23). The van der Waals surface area contributed by atoms with Gasteiger partial charge in [-0.05, 0) is 55.0 Å². The number of ether oxygens (including phenoxy) is 2. The van der Waals surface area contributed by atoms with E-state index in [1.165, 1.54) is 5.01 Å². The van der Waals surface area contributed by atoms with Crippen LogP contribution in [0.25, 0.3) is 0 Å². The topological polar surface area (TPSA) is 62.8 Å². The number of hydrazine groups is 1. The van der Waals surface area contributed by atoms with E-state index < -0.39 is 0 Å².